The number of rotatable bonds is 4. The average Bonchev–Trinajstić information content (AvgIpc) is 2.62. The molecule has 1 aromatic heterocycles. The fourth-order valence-corrected chi connectivity index (χ4v) is 2.10. The lowest BCUT2D eigenvalue weighted by molar-refractivity contribution is 0.464. The molecule has 0 bridgehead atoms. The van der Waals surface area contributed by atoms with Crippen molar-refractivity contribution >= 4 is 11.6 Å². The van der Waals surface area contributed by atoms with Crippen LogP contribution in [-0.2, 0) is 20.1 Å². The maximum absolute atomic E-state index is 9.71. The van der Waals surface area contributed by atoms with Gasteiger partial charge in [-0.1, -0.05) is 17.7 Å². The molecule has 1 aromatic carbocycles. The molecule has 0 saturated carbocycles. The molecule has 0 aliphatic heterocycles. The molecule has 0 saturated heterocycles. The fourth-order valence-electron chi connectivity index (χ4n) is 1.87. The summed E-state index contributed by atoms with van der Waals surface area (Å²) in [5.41, 5.74) is 2.87. The standard InChI is InChI=1S/C13H16ClN3O/c1-9-10(8-17(2)16-9)6-15-7-11-12(14)4-3-5-13(11)18/h3-5,8,15,18H,6-7H2,1-2H3. The number of aryl methyl sites for hydroxylation is 2. The zero-order chi connectivity index (χ0) is 13.1. The third-order valence-corrected chi connectivity index (χ3v) is 3.18. The van der Waals surface area contributed by atoms with Crippen LogP contribution in [0.5, 0.6) is 5.75 Å². The van der Waals surface area contributed by atoms with Crippen molar-refractivity contribution in [2.75, 3.05) is 0 Å². The van der Waals surface area contributed by atoms with Crippen molar-refractivity contribution in [2.24, 2.45) is 7.05 Å². The summed E-state index contributed by atoms with van der Waals surface area (Å²) in [5, 5.41) is 17.8. The maximum atomic E-state index is 9.71. The number of phenols is 1. The molecule has 0 spiro atoms. The summed E-state index contributed by atoms with van der Waals surface area (Å²) in [6.07, 6.45) is 1.98. The van der Waals surface area contributed by atoms with Crippen LogP contribution in [0.3, 0.4) is 0 Å². The van der Waals surface area contributed by atoms with Crippen LogP contribution in [0.25, 0.3) is 0 Å². The zero-order valence-electron chi connectivity index (χ0n) is 10.4. The Balaban J connectivity index is 1.99. The summed E-state index contributed by atoms with van der Waals surface area (Å²) in [4.78, 5) is 0. The Labute approximate surface area is 111 Å². The third-order valence-electron chi connectivity index (χ3n) is 2.83. The highest BCUT2D eigenvalue weighted by atomic mass is 35.5. The highest BCUT2D eigenvalue weighted by molar-refractivity contribution is 6.31. The van der Waals surface area contributed by atoms with Gasteiger partial charge in [0.2, 0.25) is 0 Å². The van der Waals surface area contributed by atoms with Crippen LogP contribution in [0, 0.1) is 6.92 Å². The number of phenolic OH excluding ortho intramolecular Hbond substituents is 1. The second-order valence-corrected chi connectivity index (χ2v) is 4.66. The van der Waals surface area contributed by atoms with Gasteiger partial charge in [0.05, 0.1) is 5.69 Å². The Hall–Kier alpha value is -1.52. The molecule has 0 fully saturated rings. The van der Waals surface area contributed by atoms with Crippen LogP contribution in [0.2, 0.25) is 5.02 Å². The molecule has 1 heterocycles. The summed E-state index contributed by atoms with van der Waals surface area (Å²) in [5.74, 6) is 0.220. The van der Waals surface area contributed by atoms with Crippen LogP contribution in [0.1, 0.15) is 16.8 Å². The Bertz CT molecular complexity index is 531. The Morgan fingerprint density at radius 2 is 2.17 bits per heavy atom. The van der Waals surface area contributed by atoms with E-state index < -0.39 is 0 Å². The Kier molecular flexibility index (Phi) is 3.89. The average molecular weight is 266 g/mol. The Morgan fingerprint density at radius 3 is 2.78 bits per heavy atom. The lowest BCUT2D eigenvalue weighted by Crippen LogP contribution is -2.13. The van der Waals surface area contributed by atoms with E-state index in [9.17, 15) is 5.11 Å². The molecule has 0 atom stereocenters. The van der Waals surface area contributed by atoms with Gasteiger partial charge >= 0.3 is 0 Å². The molecule has 2 rings (SSSR count). The third kappa shape index (κ3) is 2.83. The minimum atomic E-state index is 0.220. The van der Waals surface area contributed by atoms with Crippen LogP contribution in [0.4, 0.5) is 0 Å². The minimum Gasteiger partial charge on any atom is -0.508 e. The summed E-state index contributed by atoms with van der Waals surface area (Å²) in [6, 6.07) is 5.14. The molecule has 0 amide bonds. The fraction of sp³-hybridized carbons (Fsp3) is 0.308. The minimum absolute atomic E-state index is 0.220. The predicted molar refractivity (Wildman–Crippen MR) is 71.6 cm³/mol. The molecule has 5 heteroatoms. The first-order valence-corrected chi connectivity index (χ1v) is 6.12. The van der Waals surface area contributed by atoms with Gasteiger partial charge in [-0.15, -0.1) is 0 Å². The van der Waals surface area contributed by atoms with Gasteiger partial charge in [0.1, 0.15) is 5.75 Å². The number of halogens is 1. The van der Waals surface area contributed by atoms with Gasteiger partial charge in [0.15, 0.2) is 0 Å². The summed E-state index contributed by atoms with van der Waals surface area (Å²) in [7, 11) is 1.90. The molecule has 96 valence electrons. The number of hydrogen-bond donors (Lipinski definition) is 2. The SMILES string of the molecule is Cc1nn(C)cc1CNCc1c(O)cccc1Cl. The van der Waals surface area contributed by atoms with Gasteiger partial charge in [-0.3, -0.25) is 4.68 Å². The zero-order valence-corrected chi connectivity index (χ0v) is 11.2. The number of hydrogen-bond acceptors (Lipinski definition) is 3. The number of aromatic hydroxyl groups is 1. The highest BCUT2D eigenvalue weighted by Gasteiger charge is 2.07. The number of aromatic nitrogens is 2. The normalized spacial score (nSPS) is 10.8. The summed E-state index contributed by atoms with van der Waals surface area (Å²) in [6.45, 7) is 3.20. The van der Waals surface area contributed by atoms with E-state index in [4.69, 9.17) is 11.6 Å². The van der Waals surface area contributed by atoms with Crippen molar-refractivity contribution in [2.45, 2.75) is 20.0 Å². The van der Waals surface area contributed by atoms with Gasteiger partial charge in [-0.25, -0.2) is 0 Å². The van der Waals surface area contributed by atoms with E-state index >= 15 is 0 Å². The molecule has 0 radical (unpaired) electrons. The van der Waals surface area contributed by atoms with E-state index in [1.807, 2.05) is 20.2 Å². The monoisotopic (exact) mass is 265 g/mol. The number of benzene rings is 1. The van der Waals surface area contributed by atoms with Gasteiger partial charge < -0.3 is 10.4 Å². The summed E-state index contributed by atoms with van der Waals surface area (Å²) < 4.78 is 1.79. The van der Waals surface area contributed by atoms with Crippen LogP contribution in [-0.4, -0.2) is 14.9 Å². The van der Waals surface area contributed by atoms with Crippen molar-refractivity contribution in [3.8, 4) is 5.75 Å². The number of nitrogens with one attached hydrogen (secondary N) is 1. The molecular formula is C13H16ClN3O. The van der Waals surface area contributed by atoms with E-state index in [0.717, 1.165) is 16.8 Å². The first kappa shape index (κ1) is 12.9. The Morgan fingerprint density at radius 1 is 1.39 bits per heavy atom. The second-order valence-electron chi connectivity index (χ2n) is 4.25. The van der Waals surface area contributed by atoms with Crippen molar-refractivity contribution < 1.29 is 5.11 Å². The molecule has 2 aromatic rings. The lowest BCUT2D eigenvalue weighted by Gasteiger charge is -2.08. The van der Waals surface area contributed by atoms with Gasteiger partial charge in [0, 0.05) is 42.5 Å². The largest absolute Gasteiger partial charge is 0.508 e. The van der Waals surface area contributed by atoms with Gasteiger partial charge in [-0.2, -0.15) is 5.10 Å². The van der Waals surface area contributed by atoms with E-state index in [1.165, 1.54) is 0 Å². The topological polar surface area (TPSA) is 50.1 Å². The van der Waals surface area contributed by atoms with E-state index in [-0.39, 0.29) is 5.75 Å². The van der Waals surface area contributed by atoms with E-state index in [2.05, 4.69) is 10.4 Å². The molecule has 18 heavy (non-hydrogen) atoms. The van der Waals surface area contributed by atoms with Crippen molar-refractivity contribution in [1.29, 1.82) is 0 Å². The van der Waals surface area contributed by atoms with Crippen molar-refractivity contribution in [1.82, 2.24) is 15.1 Å². The van der Waals surface area contributed by atoms with E-state index in [1.54, 1.807) is 22.9 Å². The van der Waals surface area contributed by atoms with Crippen molar-refractivity contribution in [3.63, 3.8) is 0 Å². The van der Waals surface area contributed by atoms with Crippen LogP contribution < -0.4 is 5.32 Å². The smallest absolute Gasteiger partial charge is 0.121 e. The van der Waals surface area contributed by atoms with Crippen LogP contribution in [0.15, 0.2) is 24.4 Å². The lowest BCUT2D eigenvalue weighted by atomic mass is 10.2. The predicted octanol–water partition coefficient (Wildman–Crippen LogP) is 2.38. The van der Waals surface area contributed by atoms with Crippen molar-refractivity contribution in [3.05, 3.63) is 46.2 Å². The van der Waals surface area contributed by atoms with Crippen LogP contribution >= 0.6 is 11.6 Å². The first-order chi connectivity index (χ1) is 8.58. The quantitative estimate of drug-likeness (QED) is 0.892. The molecule has 0 aliphatic carbocycles. The molecule has 2 N–H and O–H groups in total. The van der Waals surface area contributed by atoms with Gasteiger partial charge in [0.25, 0.3) is 0 Å². The van der Waals surface area contributed by atoms with E-state index in [0.29, 0.717) is 18.1 Å². The highest BCUT2D eigenvalue weighted by Crippen LogP contribution is 2.24. The number of nitrogens with zero attached hydrogens (tertiary/aromatic N) is 2. The summed E-state index contributed by atoms with van der Waals surface area (Å²) >= 11 is 6.03. The van der Waals surface area contributed by atoms with Gasteiger partial charge in [-0.05, 0) is 19.1 Å². The maximum Gasteiger partial charge on any atom is 0.121 e. The molecule has 0 aliphatic rings. The second kappa shape index (κ2) is 5.42. The first-order valence-electron chi connectivity index (χ1n) is 5.74. The molecule has 0 unspecified atom stereocenters. The molecule has 4 nitrogen and oxygen atoms in total. The molecular weight excluding hydrogens is 250 g/mol.